The summed E-state index contributed by atoms with van der Waals surface area (Å²) in [4.78, 5) is 28.7. The first-order valence-electron chi connectivity index (χ1n) is 7.21. The van der Waals surface area contributed by atoms with Crippen LogP contribution in [0.15, 0.2) is 0 Å². The highest BCUT2D eigenvalue weighted by Crippen LogP contribution is 2.07. The maximum atomic E-state index is 12.5. The molecular weight excluding hydrogens is 258 g/mol. The van der Waals surface area contributed by atoms with Crippen molar-refractivity contribution in [3.8, 4) is 0 Å². The average molecular weight is 287 g/mol. The van der Waals surface area contributed by atoms with E-state index in [-0.39, 0.29) is 25.0 Å². The molecule has 0 bridgehead atoms. The third kappa shape index (κ3) is 7.33. The summed E-state index contributed by atoms with van der Waals surface area (Å²) < 4.78 is 0. The number of carboxylic acids is 1. The minimum absolute atomic E-state index is 0.000521. The van der Waals surface area contributed by atoms with Gasteiger partial charge in [0.05, 0.1) is 6.42 Å². The normalized spacial score (nSPS) is 10.9. The summed E-state index contributed by atoms with van der Waals surface area (Å²) in [6.07, 6.45) is 0.877. The van der Waals surface area contributed by atoms with Crippen molar-refractivity contribution in [1.82, 2.24) is 14.7 Å². The predicted octanol–water partition coefficient (Wildman–Crippen LogP) is 1.57. The lowest BCUT2D eigenvalue weighted by molar-refractivity contribution is -0.137. The van der Waals surface area contributed by atoms with Crippen molar-refractivity contribution in [2.24, 2.45) is 0 Å². The van der Waals surface area contributed by atoms with E-state index in [1.165, 1.54) is 0 Å². The van der Waals surface area contributed by atoms with Gasteiger partial charge < -0.3 is 19.8 Å². The van der Waals surface area contributed by atoms with Crippen molar-refractivity contribution in [2.45, 2.75) is 39.7 Å². The Bertz CT molecular complexity index is 306. The quantitative estimate of drug-likeness (QED) is 0.699. The van der Waals surface area contributed by atoms with Gasteiger partial charge in [-0.25, -0.2) is 4.79 Å². The van der Waals surface area contributed by atoms with E-state index < -0.39 is 5.97 Å². The van der Waals surface area contributed by atoms with Gasteiger partial charge in [0.2, 0.25) is 0 Å². The number of carboxylic acid groups (broad SMARTS) is 1. The molecule has 0 radical (unpaired) electrons. The minimum atomic E-state index is -0.876. The van der Waals surface area contributed by atoms with Crippen molar-refractivity contribution < 1.29 is 14.7 Å². The zero-order valence-corrected chi connectivity index (χ0v) is 13.4. The molecule has 0 unspecified atom stereocenters. The average Bonchev–Trinajstić information content (AvgIpc) is 2.33. The minimum Gasteiger partial charge on any atom is -0.481 e. The number of carbonyl (C=O) groups excluding carboxylic acids is 1. The van der Waals surface area contributed by atoms with Crippen LogP contribution in [0.4, 0.5) is 4.79 Å². The van der Waals surface area contributed by atoms with Gasteiger partial charge in [-0.1, -0.05) is 6.92 Å². The van der Waals surface area contributed by atoms with Gasteiger partial charge in [0.15, 0.2) is 0 Å². The molecule has 0 aromatic heterocycles. The second kappa shape index (κ2) is 9.58. The highest BCUT2D eigenvalue weighted by Gasteiger charge is 2.23. The molecule has 0 fully saturated rings. The third-order valence-electron chi connectivity index (χ3n) is 3.02. The molecule has 0 spiro atoms. The molecule has 0 atom stereocenters. The summed E-state index contributed by atoms with van der Waals surface area (Å²) in [5, 5.41) is 8.79. The van der Waals surface area contributed by atoms with Crippen LogP contribution in [0.3, 0.4) is 0 Å². The highest BCUT2D eigenvalue weighted by atomic mass is 16.4. The van der Waals surface area contributed by atoms with Crippen LogP contribution in [0.25, 0.3) is 0 Å². The Balaban J connectivity index is 4.72. The zero-order chi connectivity index (χ0) is 15.7. The van der Waals surface area contributed by atoms with Gasteiger partial charge in [-0.3, -0.25) is 4.79 Å². The zero-order valence-electron chi connectivity index (χ0n) is 13.4. The first-order chi connectivity index (χ1) is 9.29. The number of likely N-dealkylation sites (N-methyl/N-ethyl adjacent to an activating group) is 1. The Morgan fingerprint density at radius 1 is 1.05 bits per heavy atom. The predicted molar refractivity (Wildman–Crippen MR) is 79.9 cm³/mol. The van der Waals surface area contributed by atoms with E-state index in [9.17, 15) is 9.59 Å². The Hall–Kier alpha value is -1.30. The molecule has 6 heteroatoms. The largest absolute Gasteiger partial charge is 0.481 e. The summed E-state index contributed by atoms with van der Waals surface area (Å²) in [6, 6.07) is -0.0643. The third-order valence-corrected chi connectivity index (χ3v) is 3.02. The van der Waals surface area contributed by atoms with Gasteiger partial charge in [-0.05, 0) is 34.4 Å². The lowest BCUT2D eigenvalue weighted by Gasteiger charge is -2.33. The number of aliphatic carboxylic acids is 1. The summed E-state index contributed by atoms with van der Waals surface area (Å²) >= 11 is 0. The molecule has 0 aliphatic rings. The van der Waals surface area contributed by atoms with E-state index in [1.54, 1.807) is 4.90 Å². The molecule has 1 N–H and O–H groups in total. The number of rotatable bonds is 9. The molecule has 0 aromatic carbocycles. The first-order valence-corrected chi connectivity index (χ1v) is 7.21. The van der Waals surface area contributed by atoms with Gasteiger partial charge in [-0.2, -0.15) is 0 Å². The van der Waals surface area contributed by atoms with Crippen molar-refractivity contribution >= 4 is 12.0 Å². The van der Waals surface area contributed by atoms with E-state index in [4.69, 9.17) is 5.11 Å². The van der Waals surface area contributed by atoms with Crippen molar-refractivity contribution in [1.29, 1.82) is 0 Å². The summed E-state index contributed by atoms with van der Waals surface area (Å²) in [5.41, 5.74) is 0. The number of amides is 2. The van der Waals surface area contributed by atoms with Crippen LogP contribution in [0.5, 0.6) is 0 Å². The Labute approximate surface area is 122 Å². The van der Waals surface area contributed by atoms with Crippen LogP contribution in [0.1, 0.15) is 33.6 Å². The van der Waals surface area contributed by atoms with Gasteiger partial charge in [0.25, 0.3) is 0 Å². The molecule has 2 amide bonds. The van der Waals surface area contributed by atoms with Gasteiger partial charge in [-0.15, -0.1) is 0 Å². The van der Waals surface area contributed by atoms with Gasteiger partial charge in [0.1, 0.15) is 0 Å². The fraction of sp³-hybridized carbons (Fsp3) is 0.857. The number of nitrogens with zero attached hydrogens (tertiary/aromatic N) is 3. The molecular formula is C14H29N3O3. The van der Waals surface area contributed by atoms with E-state index in [0.29, 0.717) is 13.1 Å². The molecule has 118 valence electrons. The summed E-state index contributed by atoms with van der Waals surface area (Å²) in [7, 11) is 3.94. The van der Waals surface area contributed by atoms with Crippen LogP contribution in [0.2, 0.25) is 0 Å². The second-order valence-corrected chi connectivity index (χ2v) is 5.50. The molecule has 0 rings (SSSR count). The Kier molecular flexibility index (Phi) is 8.96. The second-order valence-electron chi connectivity index (χ2n) is 5.50. The smallest absolute Gasteiger partial charge is 0.320 e. The number of carbonyl (C=O) groups is 2. The Morgan fingerprint density at radius 3 is 2.05 bits per heavy atom. The number of urea groups is 1. The molecule has 0 aliphatic carbocycles. The topological polar surface area (TPSA) is 64.1 Å². The van der Waals surface area contributed by atoms with Crippen LogP contribution >= 0.6 is 0 Å². The number of hydrogen-bond acceptors (Lipinski definition) is 3. The van der Waals surface area contributed by atoms with Crippen molar-refractivity contribution in [2.75, 3.05) is 40.3 Å². The van der Waals surface area contributed by atoms with E-state index in [1.807, 2.05) is 44.7 Å². The lowest BCUT2D eigenvalue weighted by Crippen LogP contribution is -2.49. The van der Waals surface area contributed by atoms with Crippen LogP contribution in [-0.2, 0) is 4.79 Å². The fourth-order valence-corrected chi connectivity index (χ4v) is 1.87. The van der Waals surface area contributed by atoms with Crippen LogP contribution in [-0.4, -0.2) is 78.1 Å². The fourth-order valence-electron chi connectivity index (χ4n) is 1.87. The van der Waals surface area contributed by atoms with Crippen LogP contribution < -0.4 is 0 Å². The number of hydrogen-bond donors (Lipinski definition) is 1. The maximum Gasteiger partial charge on any atom is 0.320 e. The SMILES string of the molecule is CCCN(CCN(C)C)C(=O)N(CCC(=O)O)C(C)C. The standard InChI is InChI=1S/C14H29N3O3/c1-6-8-16(11-10-15(4)5)14(20)17(12(2)3)9-7-13(18)19/h12H,6-11H2,1-5H3,(H,18,19). The molecule has 0 saturated heterocycles. The van der Waals surface area contributed by atoms with E-state index in [0.717, 1.165) is 13.0 Å². The molecule has 0 heterocycles. The monoisotopic (exact) mass is 287 g/mol. The maximum absolute atomic E-state index is 12.5. The van der Waals surface area contributed by atoms with Gasteiger partial charge >= 0.3 is 12.0 Å². The summed E-state index contributed by atoms with van der Waals surface area (Å²) in [5.74, 6) is -0.876. The molecule has 6 nitrogen and oxygen atoms in total. The van der Waals surface area contributed by atoms with Crippen LogP contribution in [0, 0.1) is 0 Å². The Morgan fingerprint density at radius 2 is 1.65 bits per heavy atom. The van der Waals surface area contributed by atoms with Crippen molar-refractivity contribution in [3.63, 3.8) is 0 Å². The lowest BCUT2D eigenvalue weighted by atomic mass is 10.3. The van der Waals surface area contributed by atoms with E-state index >= 15 is 0 Å². The van der Waals surface area contributed by atoms with Crippen molar-refractivity contribution in [3.05, 3.63) is 0 Å². The first kappa shape index (κ1) is 18.7. The summed E-state index contributed by atoms with van der Waals surface area (Å²) in [6.45, 7) is 8.28. The van der Waals surface area contributed by atoms with E-state index in [2.05, 4.69) is 0 Å². The molecule has 0 aliphatic heterocycles. The highest BCUT2D eigenvalue weighted by molar-refractivity contribution is 5.75. The molecule has 20 heavy (non-hydrogen) atoms. The molecule has 0 saturated carbocycles. The molecule has 0 aromatic rings. The van der Waals surface area contributed by atoms with Gasteiger partial charge in [0, 0.05) is 32.2 Å².